The summed E-state index contributed by atoms with van der Waals surface area (Å²) < 4.78 is 0. The molecule has 1 saturated heterocycles. The van der Waals surface area contributed by atoms with Gasteiger partial charge in [0.2, 0.25) is 5.91 Å². The monoisotopic (exact) mass is 330 g/mol. The molecular weight excluding hydrogens is 304 g/mol. The predicted molar refractivity (Wildman–Crippen MR) is 93.4 cm³/mol. The van der Waals surface area contributed by atoms with Gasteiger partial charge in [0.15, 0.2) is 0 Å². The molecule has 24 heavy (non-hydrogen) atoms. The number of terminal acetylenes is 1. The number of piperazine rings is 1. The summed E-state index contributed by atoms with van der Waals surface area (Å²) in [5.74, 6) is 2.35. The van der Waals surface area contributed by atoms with E-state index >= 15 is 0 Å². The van der Waals surface area contributed by atoms with E-state index in [1.54, 1.807) is 11.0 Å². The molecule has 1 aliphatic carbocycles. The minimum atomic E-state index is -1.04. The molecule has 130 valence electrons. The third kappa shape index (κ3) is 3.81. The van der Waals surface area contributed by atoms with Crippen LogP contribution in [0, 0.1) is 17.8 Å². The summed E-state index contributed by atoms with van der Waals surface area (Å²) in [7, 11) is 0. The third-order valence-electron chi connectivity index (χ3n) is 5.07. The molecule has 0 spiro atoms. The standard InChI is InChI=1S/C19H26N2O3/c1-5-15-13-20(11-12-21(15)18(23)24)17(22)9-8-16-14(2)7-6-10-19(16,3)4/h1,8-9,15H,6-7,10-13H2,2-4H3,(H,23,24)/b9-8+. The van der Waals surface area contributed by atoms with Crippen LogP contribution in [0.25, 0.3) is 0 Å². The van der Waals surface area contributed by atoms with Crippen LogP contribution in [0.3, 0.4) is 0 Å². The summed E-state index contributed by atoms with van der Waals surface area (Å²) in [6, 6.07) is -0.583. The maximum atomic E-state index is 12.5. The van der Waals surface area contributed by atoms with Crippen molar-refractivity contribution in [2.75, 3.05) is 19.6 Å². The Labute approximate surface area is 144 Å². The number of amides is 2. The summed E-state index contributed by atoms with van der Waals surface area (Å²) in [5.41, 5.74) is 2.66. The van der Waals surface area contributed by atoms with Crippen LogP contribution in [-0.4, -0.2) is 52.6 Å². The number of rotatable bonds is 2. The Hall–Kier alpha value is -2.22. The van der Waals surface area contributed by atoms with Crippen molar-refractivity contribution in [1.82, 2.24) is 9.80 Å². The third-order valence-corrected chi connectivity index (χ3v) is 5.07. The van der Waals surface area contributed by atoms with Crippen molar-refractivity contribution in [3.63, 3.8) is 0 Å². The summed E-state index contributed by atoms with van der Waals surface area (Å²) in [6.07, 6.45) is 11.3. The van der Waals surface area contributed by atoms with Gasteiger partial charge in [-0.25, -0.2) is 4.79 Å². The van der Waals surface area contributed by atoms with Crippen molar-refractivity contribution >= 4 is 12.0 Å². The van der Waals surface area contributed by atoms with E-state index in [0.29, 0.717) is 6.54 Å². The highest BCUT2D eigenvalue weighted by atomic mass is 16.4. The molecule has 0 aromatic rings. The molecule has 5 heteroatoms. The first-order chi connectivity index (χ1) is 11.3. The molecule has 2 aliphatic rings. The first-order valence-corrected chi connectivity index (χ1v) is 8.39. The average molecular weight is 330 g/mol. The maximum absolute atomic E-state index is 12.5. The lowest BCUT2D eigenvalue weighted by Crippen LogP contribution is -2.55. The van der Waals surface area contributed by atoms with E-state index < -0.39 is 12.1 Å². The first-order valence-electron chi connectivity index (χ1n) is 8.39. The van der Waals surface area contributed by atoms with Crippen LogP contribution in [0.15, 0.2) is 23.3 Å². The zero-order chi connectivity index (χ0) is 17.9. The molecule has 1 fully saturated rings. The van der Waals surface area contributed by atoms with Crippen LogP contribution in [0.5, 0.6) is 0 Å². The Morgan fingerprint density at radius 1 is 1.38 bits per heavy atom. The summed E-state index contributed by atoms with van der Waals surface area (Å²) >= 11 is 0. The highest BCUT2D eigenvalue weighted by Gasteiger charge is 2.31. The van der Waals surface area contributed by atoms with Gasteiger partial charge in [0.25, 0.3) is 0 Å². The average Bonchev–Trinajstić information content (AvgIpc) is 2.52. The maximum Gasteiger partial charge on any atom is 0.408 e. The summed E-state index contributed by atoms with van der Waals surface area (Å²) in [4.78, 5) is 26.5. The lowest BCUT2D eigenvalue weighted by molar-refractivity contribution is -0.128. The highest BCUT2D eigenvalue weighted by molar-refractivity contribution is 5.88. The molecule has 2 amide bonds. The van der Waals surface area contributed by atoms with Crippen LogP contribution in [0.4, 0.5) is 4.79 Å². The number of carbonyl (C=O) groups is 2. The van der Waals surface area contributed by atoms with Gasteiger partial charge < -0.3 is 10.0 Å². The van der Waals surface area contributed by atoms with Crippen LogP contribution < -0.4 is 0 Å². The van der Waals surface area contributed by atoms with E-state index in [1.165, 1.54) is 22.5 Å². The van der Waals surface area contributed by atoms with Gasteiger partial charge in [0, 0.05) is 19.2 Å². The van der Waals surface area contributed by atoms with Crippen LogP contribution in [-0.2, 0) is 4.79 Å². The van der Waals surface area contributed by atoms with E-state index in [4.69, 9.17) is 11.5 Å². The molecular formula is C19H26N2O3. The molecule has 0 aromatic carbocycles. The Morgan fingerprint density at radius 3 is 2.67 bits per heavy atom. The van der Waals surface area contributed by atoms with Gasteiger partial charge in [-0.1, -0.05) is 31.4 Å². The Morgan fingerprint density at radius 2 is 2.08 bits per heavy atom. The van der Waals surface area contributed by atoms with Crippen molar-refractivity contribution in [1.29, 1.82) is 0 Å². The smallest absolute Gasteiger partial charge is 0.408 e. The Bertz CT molecular complexity index is 625. The van der Waals surface area contributed by atoms with Gasteiger partial charge in [0.05, 0.1) is 6.54 Å². The molecule has 1 unspecified atom stereocenters. The normalized spacial score (nSPS) is 24.2. The second-order valence-corrected chi connectivity index (χ2v) is 7.21. The SMILES string of the molecule is C#CC1CN(C(=O)/C=C/C2=C(C)CCCC2(C)C)CCN1C(=O)O. The number of carbonyl (C=O) groups excluding carboxylic acids is 1. The number of nitrogens with zero attached hydrogens (tertiary/aromatic N) is 2. The number of hydrogen-bond acceptors (Lipinski definition) is 2. The predicted octanol–water partition coefficient (Wildman–Crippen LogP) is 2.89. The Balaban J connectivity index is 2.08. The number of carboxylic acid groups (broad SMARTS) is 1. The first kappa shape index (κ1) is 18.1. The van der Waals surface area contributed by atoms with Crippen LogP contribution >= 0.6 is 0 Å². The van der Waals surface area contributed by atoms with Crippen molar-refractivity contribution in [2.24, 2.45) is 5.41 Å². The lowest BCUT2D eigenvalue weighted by Gasteiger charge is -2.37. The van der Waals surface area contributed by atoms with Gasteiger partial charge in [-0.2, -0.15) is 0 Å². The second kappa shape index (κ2) is 7.12. The van der Waals surface area contributed by atoms with Gasteiger partial charge in [-0.3, -0.25) is 9.69 Å². The second-order valence-electron chi connectivity index (χ2n) is 7.21. The van der Waals surface area contributed by atoms with Gasteiger partial charge >= 0.3 is 6.09 Å². The molecule has 5 nitrogen and oxygen atoms in total. The number of hydrogen-bond donors (Lipinski definition) is 1. The van der Waals surface area contributed by atoms with E-state index in [9.17, 15) is 9.59 Å². The highest BCUT2D eigenvalue weighted by Crippen LogP contribution is 2.40. The minimum absolute atomic E-state index is 0.0858. The fourth-order valence-corrected chi connectivity index (χ4v) is 3.63. The quantitative estimate of drug-likeness (QED) is 0.625. The number of allylic oxidation sites excluding steroid dienone is 3. The molecule has 0 bridgehead atoms. The van der Waals surface area contributed by atoms with Crippen molar-refractivity contribution < 1.29 is 14.7 Å². The topological polar surface area (TPSA) is 60.9 Å². The van der Waals surface area contributed by atoms with Gasteiger partial charge in [-0.05, 0) is 37.2 Å². The zero-order valence-corrected chi connectivity index (χ0v) is 14.7. The summed E-state index contributed by atoms with van der Waals surface area (Å²) in [5, 5.41) is 9.13. The van der Waals surface area contributed by atoms with Crippen molar-refractivity contribution in [2.45, 2.75) is 46.1 Å². The van der Waals surface area contributed by atoms with E-state index in [0.717, 1.165) is 12.8 Å². The molecule has 0 saturated carbocycles. The molecule has 0 aromatic heterocycles. The fraction of sp³-hybridized carbons (Fsp3) is 0.579. The van der Waals surface area contributed by atoms with Crippen molar-refractivity contribution in [3.05, 3.63) is 23.3 Å². The minimum Gasteiger partial charge on any atom is -0.465 e. The molecule has 1 atom stereocenters. The zero-order valence-electron chi connectivity index (χ0n) is 14.7. The van der Waals surface area contributed by atoms with Crippen LogP contribution in [0.1, 0.15) is 40.0 Å². The van der Waals surface area contributed by atoms with E-state index in [1.807, 2.05) is 6.08 Å². The van der Waals surface area contributed by atoms with E-state index in [-0.39, 0.29) is 24.4 Å². The van der Waals surface area contributed by atoms with Crippen LogP contribution in [0.2, 0.25) is 0 Å². The molecule has 1 aliphatic heterocycles. The summed E-state index contributed by atoms with van der Waals surface area (Å²) in [6.45, 7) is 7.41. The molecule has 2 rings (SSSR count). The van der Waals surface area contributed by atoms with Gasteiger partial charge in [-0.15, -0.1) is 6.42 Å². The lowest BCUT2D eigenvalue weighted by atomic mass is 9.72. The van der Waals surface area contributed by atoms with Crippen molar-refractivity contribution in [3.8, 4) is 12.3 Å². The fourth-order valence-electron chi connectivity index (χ4n) is 3.63. The van der Waals surface area contributed by atoms with E-state index in [2.05, 4.69) is 26.7 Å². The van der Waals surface area contributed by atoms with Gasteiger partial charge in [0.1, 0.15) is 6.04 Å². The molecule has 0 radical (unpaired) electrons. The Kier molecular flexibility index (Phi) is 5.38. The molecule has 1 N–H and O–H groups in total. The largest absolute Gasteiger partial charge is 0.465 e. The molecule has 1 heterocycles.